The first-order valence-corrected chi connectivity index (χ1v) is 9.53. The van der Waals surface area contributed by atoms with Gasteiger partial charge < -0.3 is 0 Å². The van der Waals surface area contributed by atoms with Crippen molar-refractivity contribution < 1.29 is 18.0 Å². The number of hydrogen-bond donors (Lipinski definition) is 1. The Bertz CT molecular complexity index is 823. The van der Waals surface area contributed by atoms with Crippen LogP contribution < -0.4 is 5.32 Å². The predicted molar refractivity (Wildman–Crippen MR) is 92.1 cm³/mol. The Morgan fingerprint density at radius 2 is 1.92 bits per heavy atom. The van der Waals surface area contributed by atoms with Gasteiger partial charge in [-0.05, 0) is 37.3 Å². The maximum atomic E-state index is 13.1. The van der Waals surface area contributed by atoms with Crippen molar-refractivity contribution in [2.45, 2.75) is 56.0 Å². The van der Waals surface area contributed by atoms with Crippen LogP contribution in [0, 0.1) is 0 Å². The second kappa shape index (κ2) is 6.33. The lowest BCUT2D eigenvalue weighted by Gasteiger charge is -2.28. The average Bonchev–Trinajstić information content (AvgIpc) is 3.15. The van der Waals surface area contributed by atoms with Crippen molar-refractivity contribution >= 4 is 22.4 Å². The van der Waals surface area contributed by atoms with Crippen LogP contribution in [-0.2, 0) is 16.4 Å². The van der Waals surface area contributed by atoms with Gasteiger partial charge in [-0.2, -0.15) is 13.2 Å². The van der Waals surface area contributed by atoms with Gasteiger partial charge in [-0.3, -0.25) is 10.1 Å². The van der Waals surface area contributed by atoms with E-state index in [1.807, 2.05) is 0 Å². The van der Waals surface area contributed by atoms with Crippen LogP contribution in [0.1, 0.15) is 60.6 Å². The highest BCUT2D eigenvalue weighted by Gasteiger charge is 2.44. The number of carbonyl (C=O) groups is 1. The third kappa shape index (κ3) is 3.22. The molecule has 138 valence electrons. The molecule has 0 unspecified atom stereocenters. The summed E-state index contributed by atoms with van der Waals surface area (Å²) in [4.78, 5) is 13.0. The first kappa shape index (κ1) is 17.5. The number of halogens is 3. The molecular formula is C18H18F3N3OS. The van der Waals surface area contributed by atoms with Crippen molar-refractivity contribution in [1.82, 2.24) is 10.2 Å². The molecule has 1 N–H and O–H groups in total. The SMILES string of the molecule is O=C(Nc1nnc(C2CC2)s1)C1(c2cccc(C(F)(F)F)c2)CCCC1. The van der Waals surface area contributed by atoms with E-state index in [1.165, 1.54) is 17.4 Å². The summed E-state index contributed by atoms with van der Waals surface area (Å²) in [6.45, 7) is 0. The number of alkyl halides is 3. The largest absolute Gasteiger partial charge is 0.416 e. The Morgan fingerprint density at radius 3 is 2.58 bits per heavy atom. The quantitative estimate of drug-likeness (QED) is 0.821. The van der Waals surface area contributed by atoms with E-state index in [0.29, 0.717) is 29.5 Å². The molecule has 2 aromatic rings. The van der Waals surface area contributed by atoms with Crippen molar-refractivity contribution in [3.63, 3.8) is 0 Å². The number of hydrogen-bond acceptors (Lipinski definition) is 4. The number of rotatable bonds is 4. The maximum absolute atomic E-state index is 13.1. The molecule has 2 aliphatic carbocycles. The molecule has 2 aliphatic rings. The van der Waals surface area contributed by atoms with Crippen LogP contribution in [0.15, 0.2) is 24.3 Å². The lowest BCUT2D eigenvalue weighted by molar-refractivity contribution is -0.137. The monoisotopic (exact) mass is 381 g/mol. The first-order valence-electron chi connectivity index (χ1n) is 8.71. The minimum absolute atomic E-state index is 0.284. The molecule has 1 amide bonds. The van der Waals surface area contributed by atoms with Gasteiger partial charge in [0.05, 0.1) is 11.0 Å². The zero-order chi connectivity index (χ0) is 18.4. The number of carbonyl (C=O) groups excluding carboxylic acids is 1. The van der Waals surface area contributed by atoms with Crippen LogP contribution in [-0.4, -0.2) is 16.1 Å². The molecule has 2 saturated carbocycles. The van der Waals surface area contributed by atoms with Crippen LogP contribution in [0.2, 0.25) is 0 Å². The van der Waals surface area contributed by atoms with Gasteiger partial charge >= 0.3 is 6.18 Å². The normalized spacial score (nSPS) is 19.5. The van der Waals surface area contributed by atoms with E-state index in [2.05, 4.69) is 15.5 Å². The van der Waals surface area contributed by atoms with E-state index >= 15 is 0 Å². The zero-order valence-electron chi connectivity index (χ0n) is 14.0. The molecule has 0 radical (unpaired) electrons. The molecule has 1 heterocycles. The minimum atomic E-state index is -4.43. The predicted octanol–water partition coefficient (Wildman–Crippen LogP) is 4.88. The lowest BCUT2D eigenvalue weighted by atomic mass is 9.77. The molecule has 1 aromatic carbocycles. The summed E-state index contributed by atoms with van der Waals surface area (Å²) in [5, 5.41) is 12.3. The van der Waals surface area contributed by atoms with E-state index in [0.717, 1.165) is 42.8 Å². The number of amides is 1. The first-order chi connectivity index (χ1) is 12.4. The van der Waals surface area contributed by atoms with Gasteiger partial charge in [-0.15, -0.1) is 10.2 Å². The molecule has 0 aliphatic heterocycles. The third-order valence-electron chi connectivity index (χ3n) is 5.22. The van der Waals surface area contributed by atoms with Crippen LogP contribution >= 0.6 is 11.3 Å². The number of aromatic nitrogens is 2. The highest BCUT2D eigenvalue weighted by molar-refractivity contribution is 7.15. The van der Waals surface area contributed by atoms with Crippen molar-refractivity contribution in [1.29, 1.82) is 0 Å². The molecule has 2 fully saturated rings. The Morgan fingerprint density at radius 1 is 1.19 bits per heavy atom. The van der Waals surface area contributed by atoms with Crippen LogP contribution in [0.4, 0.5) is 18.3 Å². The van der Waals surface area contributed by atoms with E-state index < -0.39 is 17.2 Å². The molecule has 8 heteroatoms. The molecule has 4 rings (SSSR count). The van der Waals surface area contributed by atoms with Gasteiger partial charge in [0, 0.05) is 5.92 Å². The zero-order valence-corrected chi connectivity index (χ0v) is 14.8. The standard InChI is InChI=1S/C18H18F3N3OS/c19-18(20,21)13-5-3-4-12(10-13)17(8-1-2-9-17)15(25)22-16-24-23-14(26-16)11-6-7-11/h3-5,10-11H,1-2,6-9H2,(H,22,24,25). The molecule has 0 bridgehead atoms. The summed E-state index contributed by atoms with van der Waals surface area (Å²) in [5.74, 6) is 0.162. The number of nitrogens with zero attached hydrogens (tertiary/aromatic N) is 2. The average molecular weight is 381 g/mol. The molecule has 0 spiro atoms. The van der Waals surface area contributed by atoms with Gasteiger partial charge in [-0.1, -0.05) is 42.4 Å². The lowest BCUT2D eigenvalue weighted by Crippen LogP contribution is -2.38. The highest BCUT2D eigenvalue weighted by atomic mass is 32.1. The van der Waals surface area contributed by atoms with Gasteiger partial charge in [0.1, 0.15) is 5.01 Å². The van der Waals surface area contributed by atoms with Crippen molar-refractivity contribution in [3.8, 4) is 0 Å². The summed E-state index contributed by atoms with van der Waals surface area (Å²) >= 11 is 1.36. The van der Waals surface area contributed by atoms with E-state index in [1.54, 1.807) is 6.07 Å². The number of nitrogens with one attached hydrogen (secondary N) is 1. The summed E-state index contributed by atoms with van der Waals surface area (Å²) in [5.41, 5.74) is -1.23. The Balaban J connectivity index is 1.62. The van der Waals surface area contributed by atoms with E-state index in [-0.39, 0.29) is 5.91 Å². The third-order valence-corrected chi connectivity index (χ3v) is 6.22. The van der Waals surface area contributed by atoms with Crippen LogP contribution in [0.3, 0.4) is 0 Å². The van der Waals surface area contributed by atoms with Gasteiger partial charge in [0.2, 0.25) is 11.0 Å². The molecule has 1 aromatic heterocycles. The topological polar surface area (TPSA) is 54.9 Å². The molecule has 0 atom stereocenters. The fourth-order valence-electron chi connectivity index (χ4n) is 3.62. The van der Waals surface area contributed by atoms with Crippen molar-refractivity contribution in [2.75, 3.05) is 5.32 Å². The number of benzene rings is 1. The Hall–Kier alpha value is -1.96. The summed E-state index contributed by atoms with van der Waals surface area (Å²) in [6.07, 6.45) is 0.460. The van der Waals surface area contributed by atoms with E-state index in [4.69, 9.17) is 0 Å². The maximum Gasteiger partial charge on any atom is 0.416 e. The van der Waals surface area contributed by atoms with Crippen molar-refractivity contribution in [3.05, 3.63) is 40.4 Å². The Kier molecular flexibility index (Phi) is 4.25. The van der Waals surface area contributed by atoms with Gasteiger partial charge in [-0.25, -0.2) is 0 Å². The fourth-order valence-corrected chi connectivity index (χ4v) is 4.52. The second-order valence-electron chi connectivity index (χ2n) is 7.04. The van der Waals surface area contributed by atoms with Crippen LogP contribution in [0.5, 0.6) is 0 Å². The smallest absolute Gasteiger partial charge is 0.300 e. The van der Waals surface area contributed by atoms with Crippen molar-refractivity contribution in [2.24, 2.45) is 0 Å². The molecule has 4 nitrogen and oxygen atoms in total. The van der Waals surface area contributed by atoms with E-state index in [9.17, 15) is 18.0 Å². The summed E-state index contributed by atoms with van der Waals surface area (Å²) < 4.78 is 39.3. The number of anilines is 1. The molecular weight excluding hydrogens is 363 g/mol. The van der Waals surface area contributed by atoms with Gasteiger partial charge in [0.25, 0.3) is 0 Å². The minimum Gasteiger partial charge on any atom is -0.300 e. The fraction of sp³-hybridized carbons (Fsp3) is 0.500. The van der Waals surface area contributed by atoms with Crippen LogP contribution in [0.25, 0.3) is 0 Å². The Labute approximate surface area is 152 Å². The second-order valence-corrected chi connectivity index (χ2v) is 8.05. The van der Waals surface area contributed by atoms with Gasteiger partial charge in [0.15, 0.2) is 0 Å². The summed E-state index contributed by atoms with van der Waals surface area (Å²) in [7, 11) is 0. The highest BCUT2D eigenvalue weighted by Crippen LogP contribution is 2.45. The molecule has 26 heavy (non-hydrogen) atoms. The summed E-state index contributed by atoms with van der Waals surface area (Å²) in [6, 6.07) is 5.15. The molecule has 0 saturated heterocycles.